The molecular weight excluding hydrogens is 454 g/mol. The average molecular weight is 498 g/mol. The lowest BCUT2D eigenvalue weighted by molar-refractivity contribution is -0.143. The van der Waals surface area contributed by atoms with Gasteiger partial charge in [-0.05, 0) is 70.1 Å². The summed E-state index contributed by atoms with van der Waals surface area (Å²) >= 11 is 0. The van der Waals surface area contributed by atoms with Crippen LogP contribution in [-0.4, -0.2) is 47.0 Å². The molecule has 7 nitrogen and oxygen atoms in total. The number of unbranched alkanes of at least 4 members (excludes halogenated alkanes) is 2. The quantitative estimate of drug-likeness (QED) is 0.316. The third-order valence-electron chi connectivity index (χ3n) is 5.89. The summed E-state index contributed by atoms with van der Waals surface area (Å²) in [5, 5.41) is 5.81. The number of hydrogen-bond donors (Lipinski definition) is 2. The summed E-state index contributed by atoms with van der Waals surface area (Å²) in [5.41, 5.74) is 0.711. The zero-order valence-corrected chi connectivity index (χ0v) is 22.7. The van der Waals surface area contributed by atoms with Crippen LogP contribution in [-0.2, 0) is 14.3 Å². The van der Waals surface area contributed by atoms with Gasteiger partial charge in [0, 0.05) is 18.2 Å². The Kier molecular flexibility index (Phi) is 10.8. The van der Waals surface area contributed by atoms with Gasteiger partial charge in [0.15, 0.2) is 0 Å². The van der Waals surface area contributed by atoms with E-state index in [2.05, 4.69) is 23.5 Å². The highest BCUT2D eigenvalue weighted by atomic mass is 16.6. The predicted molar refractivity (Wildman–Crippen MR) is 142 cm³/mol. The lowest BCUT2D eigenvalue weighted by atomic mass is 9.98. The number of alkyl carbamates (subject to hydrolysis) is 1. The molecule has 0 radical (unpaired) electrons. The van der Waals surface area contributed by atoms with Crippen molar-refractivity contribution in [1.82, 2.24) is 15.5 Å². The number of rotatable bonds is 12. The van der Waals surface area contributed by atoms with Gasteiger partial charge in [0.05, 0.1) is 0 Å². The molecule has 198 valence electrons. The molecule has 2 rings (SSSR count). The Morgan fingerprint density at radius 1 is 1.14 bits per heavy atom. The van der Waals surface area contributed by atoms with Gasteiger partial charge in [0.2, 0.25) is 11.8 Å². The Morgan fingerprint density at radius 3 is 2.28 bits per heavy atom. The first-order valence-electron chi connectivity index (χ1n) is 13.1. The first-order chi connectivity index (χ1) is 17.0. The summed E-state index contributed by atoms with van der Waals surface area (Å²) in [6, 6.07) is 5.51. The van der Waals surface area contributed by atoms with E-state index < -0.39 is 23.8 Å². The molecule has 0 spiro atoms. The largest absolute Gasteiger partial charge is 0.444 e. The Hall–Kier alpha value is -3.01. The molecule has 2 unspecified atom stereocenters. The molecule has 2 N–H and O–H groups in total. The van der Waals surface area contributed by atoms with Crippen LogP contribution in [0.15, 0.2) is 24.3 Å². The molecule has 0 saturated heterocycles. The number of carbonyl (C=O) groups excluding carboxylic acids is 3. The summed E-state index contributed by atoms with van der Waals surface area (Å²) in [6.45, 7) is 12.0. The fraction of sp³-hybridized carbons (Fsp3) is 0.621. The van der Waals surface area contributed by atoms with E-state index in [1.54, 1.807) is 37.8 Å². The van der Waals surface area contributed by atoms with E-state index in [1.165, 1.54) is 0 Å². The van der Waals surface area contributed by atoms with Crippen molar-refractivity contribution in [3.8, 4) is 12.3 Å². The number of benzene rings is 1. The minimum absolute atomic E-state index is 0.0636. The normalized spacial score (nSPS) is 14.9. The van der Waals surface area contributed by atoms with Gasteiger partial charge < -0.3 is 20.3 Å². The summed E-state index contributed by atoms with van der Waals surface area (Å²) in [6.07, 6.45) is 9.88. The van der Waals surface area contributed by atoms with E-state index in [9.17, 15) is 14.4 Å². The third-order valence-corrected chi connectivity index (χ3v) is 5.89. The maximum atomic E-state index is 14.0. The number of nitrogens with one attached hydrogen (secondary N) is 2. The van der Waals surface area contributed by atoms with E-state index in [0.29, 0.717) is 24.1 Å². The summed E-state index contributed by atoms with van der Waals surface area (Å²) in [5.74, 6) is 2.25. The highest BCUT2D eigenvalue weighted by molar-refractivity contribution is 5.92. The number of nitrogens with zero attached hydrogens (tertiary/aromatic N) is 1. The SMILES string of the molecule is C#Cc1ccc(C(C(=O)NCCCCC)N(C(=O)C(CC(C)C)NC(=O)OC(C)(C)C)C2CC2)cc1. The topological polar surface area (TPSA) is 87.7 Å². The Bertz CT molecular complexity index is 923. The van der Waals surface area contributed by atoms with E-state index in [-0.39, 0.29) is 23.8 Å². The average Bonchev–Trinajstić information content (AvgIpc) is 3.63. The molecule has 1 aliphatic carbocycles. The molecule has 7 heteroatoms. The van der Waals surface area contributed by atoms with Crippen LogP contribution in [0, 0.1) is 18.3 Å². The molecule has 1 aromatic rings. The molecule has 3 amide bonds. The molecule has 2 atom stereocenters. The number of hydrogen-bond acceptors (Lipinski definition) is 4. The predicted octanol–water partition coefficient (Wildman–Crippen LogP) is 4.95. The Morgan fingerprint density at radius 2 is 1.78 bits per heavy atom. The number of amides is 3. The van der Waals surface area contributed by atoms with Crippen molar-refractivity contribution in [2.75, 3.05) is 6.54 Å². The maximum absolute atomic E-state index is 14.0. The van der Waals surface area contributed by atoms with Crippen molar-refractivity contribution < 1.29 is 19.1 Å². The van der Waals surface area contributed by atoms with Crippen LogP contribution >= 0.6 is 0 Å². The van der Waals surface area contributed by atoms with Crippen molar-refractivity contribution in [2.24, 2.45) is 5.92 Å². The van der Waals surface area contributed by atoms with Crippen LogP contribution in [0.5, 0.6) is 0 Å². The lowest BCUT2D eigenvalue weighted by Crippen LogP contribution is -2.54. The zero-order chi connectivity index (χ0) is 26.9. The van der Waals surface area contributed by atoms with Crippen molar-refractivity contribution in [3.05, 3.63) is 35.4 Å². The van der Waals surface area contributed by atoms with E-state index in [4.69, 9.17) is 11.2 Å². The second-order valence-corrected chi connectivity index (χ2v) is 11.0. The number of ether oxygens (including phenoxy) is 1. The second-order valence-electron chi connectivity index (χ2n) is 11.0. The van der Waals surface area contributed by atoms with Crippen molar-refractivity contribution >= 4 is 17.9 Å². The maximum Gasteiger partial charge on any atom is 0.408 e. The van der Waals surface area contributed by atoms with E-state index >= 15 is 0 Å². The van der Waals surface area contributed by atoms with Gasteiger partial charge in [-0.3, -0.25) is 9.59 Å². The molecule has 0 aromatic heterocycles. The minimum atomic E-state index is -0.812. The Labute approximate surface area is 216 Å². The van der Waals surface area contributed by atoms with Crippen molar-refractivity contribution in [1.29, 1.82) is 0 Å². The van der Waals surface area contributed by atoms with Gasteiger partial charge in [0.1, 0.15) is 17.7 Å². The smallest absolute Gasteiger partial charge is 0.408 e. The zero-order valence-electron chi connectivity index (χ0n) is 22.7. The fourth-order valence-corrected chi connectivity index (χ4v) is 4.08. The molecular formula is C29H43N3O4. The highest BCUT2D eigenvalue weighted by Crippen LogP contribution is 2.36. The van der Waals surface area contributed by atoms with E-state index in [1.807, 2.05) is 26.0 Å². The van der Waals surface area contributed by atoms with E-state index in [0.717, 1.165) is 32.1 Å². The van der Waals surface area contributed by atoms with Crippen LogP contribution in [0.2, 0.25) is 0 Å². The van der Waals surface area contributed by atoms with Crippen LogP contribution in [0.3, 0.4) is 0 Å². The molecule has 1 saturated carbocycles. The monoisotopic (exact) mass is 497 g/mol. The summed E-state index contributed by atoms with van der Waals surface area (Å²) in [7, 11) is 0. The van der Waals surface area contributed by atoms with Gasteiger partial charge in [0.25, 0.3) is 0 Å². The molecule has 1 fully saturated rings. The second kappa shape index (κ2) is 13.3. The van der Waals surface area contributed by atoms with Crippen LogP contribution in [0.1, 0.15) is 97.2 Å². The fourth-order valence-electron chi connectivity index (χ4n) is 4.08. The third kappa shape index (κ3) is 9.22. The molecule has 1 aliphatic rings. The minimum Gasteiger partial charge on any atom is -0.444 e. The highest BCUT2D eigenvalue weighted by Gasteiger charge is 2.44. The number of carbonyl (C=O) groups is 3. The van der Waals surface area contributed by atoms with Gasteiger partial charge in [-0.1, -0.05) is 51.7 Å². The first kappa shape index (κ1) is 29.2. The van der Waals surface area contributed by atoms with Gasteiger partial charge in [-0.25, -0.2) is 4.79 Å². The molecule has 0 bridgehead atoms. The standard InChI is InChI=1S/C29H43N3O4/c1-8-10-11-18-30-26(33)25(22-14-12-21(9-2)13-15-22)32(23-16-17-23)27(34)24(19-20(3)4)31-28(35)36-29(5,6)7/h2,12-15,20,23-25H,8,10-11,16-19H2,1,3-7H3,(H,30,33)(H,31,35). The van der Waals surface area contributed by atoms with Crippen LogP contribution < -0.4 is 10.6 Å². The van der Waals surface area contributed by atoms with Gasteiger partial charge in [-0.2, -0.15) is 0 Å². The molecule has 1 aromatic carbocycles. The van der Waals surface area contributed by atoms with Crippen LogP contribution in [0.25, 0.3) is 0 Å². The molecule has 0 heterocycles. The lowest BCUT2D eigenvalue weighted by Gasteiger charge is -2.35. The van der Waals surface area contributed by atoms with Gasteiger partial charge in [-0.15, -0.1) is 6.42 Å². The van der Waals surface area contributed by atoms with Crippen molar-refractivity contribution in [2.45, 2.75) is 104 Å². The van der Waals surface area contributed by atoms with Gasteiger partial charge >= 0.3 is 6.09 Å². The molecule has 36 heavy (non-hydrogen) atoms. The molecule has 0 aliphatic heterocycles. The number of terminal acetylenes is 1. The van der Waals surface area contributed by atoms with Crippen molar-refractivity contribution in [3.63, 3.8) is 0 Å². The summed E-state index contributed by atoms with van der Waals surface area (Å²) in [4.78, 5) is 41.8. The summed E-state index contributed by atoms with van der Waals surface area (Å²) < 4.78 is 5.43. The Balaban J connectivity index is 2.39. The first-order valence-corrected chi connectivity index (χ1v) is 13.1. The van der Waals surface area contributed by atoms with Crippen LogP contribution in [0.4, 0.5) is 4.79 Å².